The number of hydrogen-bond acceptors (Lipinski definition) is 4. The minimum Gasteiger partial charge on any atom is -0.423 e. The van der Waals surface area contributed by atoms with Crippen LogP contribution in [0.1, 0.15) is 28.8 Å². The Bertz CT molecular complexity index is 919. The molecule has 0 N–H and O–H groups in total. The van der Waals surface area contributed by atoms with Crippen LogP contribution in [-0.2, 0) is 9.59 Å². The van der Waals surface area contributed by atoms with Crippen LogP contribution in [0, 0.1) is 18.8 Å². The summed E-state index contributed by atoms with van der Waals surface area (Å²) >= 11 is 0. The number of carbonyl (C=O) groups is 3. The zero-order valence-corrected chi connectivity index (χ0v) is 14.9. The number of allylic oxidation sites excluding steroid dienone is 2. The van der Waals surface area contributed by atoms with Crippen LogP contribution in [0.2, 0.25) is 0 Å². The van der Waals surface area contributed by atoms with Gasteiger partial charge in [0.05, 0.1) is 23.1 Å². The van der Waals surface area contributed by atoms with Gasteiger partial charge in [-0.2, -0.15) is 0 Å². The number of aryl methyl sites for hydroxylation is 1. The molecule has 5 nitrogen and oxygen atoms in total. The first-order chi connectivity index (χ1) is 13.0. The molecule has 4 rings (SSSR count). The van der Waals surface area contributed by atoms with E-state index in [0.29, 0.717) is 29.8 Å². The molecule has 27 heavy (non-hydrogen) atoms. The molecule has 2 amide bonds. The first kappa shape index (κ1) is 17.2. The van der Waals surface area contributed by atoms with Gasteiger partial charge in [-0.1, -0.05) is 35.9 Å². The monoisotopic (exact) mass is 361 g/mol. The fourth-order valence-electron chi connectivity index (χ4n) is 3.60. The molecule has 1 aliphatic carbocycles. The van der Waals surface area contributed by atoms with Crippen LogP contribution in [0.3, 0.4) is 0 Å². The Morgan fingerprint density at radius 2 is 1.59 bits per heavy atom. The number of benzene rings is 2. The first-order valence-electron chi connectivity index (χ1n) is 8.96. The summed E-state index contributed by atoms with van der Waals surface area (Å²) in [5.41, 5.74) is 1.93. The molecule has 2 aromatic carbocycles. The molecule has 0 saturated carbocycles. The van der Waals surface area contributed by atoms with E-state index in [-0.39, 0.29) is 23.7 Å². The van der Waals surface area contributed by atoms with Gasteiger partial charge >= 0.3 is 5.97 Å². The summed E-state index contributed by atoms with van der Waals surface area (Å²) in [6.45, 7) is 1.94. The van der Waals surface area contributed by atoms with Gasteiger partial charge in [0.2, 0.25) is 11.8 Å². The van der Waals surface area contributed by atoms with E-state index in [2.05, 4.69) is 0 Å². The van der Waals surface area contributed by atoms with E-state index in [1.807, 2.05) is 31.2 Å². The normalized spacial score (nSPS) is 21.3. The third-order valence-electron chi connectivity index (χ3n) is 5.08. The number of anilines is 1. The number of fused-ring (bicyclic) bond motifs is 1. The number of ether oxygens (including phenoxy) is 1. The largest absolute Gasteiger partial charge is 0.423 e. The van der Waals surface area contributed by atoms with Crippen molar-refractivity contribution in [2.75, 3.05) is 4.90 Å². The minimum atomic E-state index is -0.482. The molecule has 2 atom stereocenters. The van der Waals surface area contributed by atoms with Gasteiger partial charge in [0.1, 0.15) is 5.75 Å². The molecular weight excluding hydrogens is 342 g/mol. The van der Waals surface area contributed by atoms with Gasteiger partial charge in [-0.05, 0) is 44.0 Å². The van der Waals surface area contributed by atoms with Gasteiger partial charge in [0.25, 0.3) is 0 Å². The maximum atomic E-state index is 12.7. The number of imide groups is 1. The Balaban J connectivity index is 1.56. The second-order valence-electron chi connectivity index (χ2n) is 6.92. The summed E-state index contributed by atoms with van der Waals surface area (Å²) in [6, 6.07) is 13.6. The Morgan fingerprint density at radius 3 is 2.22 bits per heavy atom. The van der Waals surface area contributed by atoms with E-state index < -0.39 is 5.97 Å². The molecule has 1 heterocycles. The van der Waals surface area contributed by atoms with Crippen molar-refractivity contribution < 1.29 is 19.1 Å². The SMILES string of the molecule is Cc1ccc(C(=O)Oc2cccc(N3C(=O)C4CC=CCC4C3=O)c2)cc1. The Hall–Kier alpha value is -3.21. The molecule has 2 aliphatic rings. The van der Waals surface area contributed by atoms with E-state index in [1.165, 1.54) is 4.90 Å². The van der Waals surface area contributed by atoms with Crippen LogP contribution in [0.25, 0.3) is 0 Å². The van der Waals surface area contributed by atoms with E-state index >= 15 is 0 Å². The fraction of sp³-hybridized carbons (Fsp3) is 0.227. The van der Waals surface area contributed by atoms with Gasteiger partial charge < -0.3 is 4.74 Å². The van der Waals surface area contributed by atoms with Crippen molar-refractivity contribution in [1.82, 2.24) is 0 Å². The topological polar surface area (TPSA) is 63.7 Å². The molecule has 0 aromatic heterocycles. The van der Waals surface area contributed by atoms with Crippen LogP contribution in [-0.4, -0.2) is 17.8 Å². The van der Waals surface area contributed by atoms with E-state index in [1.54, 1.807) is 36.4 Å². The van der Waals surface area contributed by atoms with E-state index in [9.17, 15) is 14.4 Å². The smallest absolute Gasteiger partial charge is 0.343 e. The molecule has 0 bridgehead atoms. The lowest BCUT2D eigenvalue weighted by atomic mass is 9.85. The summed E-state index contributed by atoms with van der Waals surface area (Å²) in [6.07, 6.45) is 5.09. The molecule has 1 fully saturated rings. The predicted octanol–water partition coefficient (Wildman–Crippen LogP) is 3.67. The Morgan fingerprint density at radius 1 is 0.963 bits per heavy atom. The summed E-state index contributed by atoms with van der Waals surface area (Å²) in [5, 5.41) is 0. The number of nitrogens with zero attached hydrogens (tertiary/aromatic N) is 1. The number of esters is 1. The number of rotatable bonds is 3. The van der Waals surface area contributed by atoms with Crippen LogP contribution in [0.15, 0.2) is 60.7 Å². The molecule has 2 unspecified atom stereocenters. The molecule has 5 heteroatoms. The lowest BCUT2D eigenvalue weighted by Crippen LogP contribution is -2.30. The van der Waals surface area contributed by atoms with Crippen molar-refractivity contribution in [3.8, 4) is 5.75 Å². The minimum absolute atomic E-state index is 0.184. The summed E-state index contributed by atoms with van der Waals surface area (Å²) in [4.78, 5) is 38.9. The molecule has 2 aromatic rings. The van der Waals surface area contributed by atoms with Crippen LogP contribution in [0.5, 0.6) is 5.75 Å². The highest BCUT2D eigenvalue weighted by molar-refractivity contribution is 6.22. The van der Waals surface area contributed by atoms with Gasteiger partial charge in [-0.15, -0.1) is 0 Å². The molecular formula is C22H19NO4. The van der Waals surface area contributed by atoms with Crippen molar-refractivity contribution in [1.29, 1.82) is 0 Å². The maximum Gasteiger partial charge on any atom is 0.343 e. The second-order valence-corrected chi connectivity index (χ2v) is 6.92. The van der Waals surface area contributed by atoms with Crippen LogP contribution >= 0.6 is 0 Å². The molecule has 0 radical (unpaired) electrons. The van der Waals surface area contributed by atoms with Crippen molar-refractivity contribution in [3.05, 3.63) is 71.8 Å². The average Bonchev–Trinajstić information content (AvgIpc) is 2.93. The van der Waals surface area contributed by atoms with Crippen molar-refractivity contribution in [2.24, 2.45) is 11.8 Å². The molecule has 0 spiro atoms. The number of hydrogen-bond donors (Lipinski definition) is 0. The number of carbonyl (C=O) groups excluding carboxylic acids is 3. The maximum absolute atomic E-state index is 12.7. The zero-order valence-electron chi connectivity index (χ0n) is 14.9. The van der Waals surface area contributed by atoms with Crippen molar-refractivity contribution >= 4 is 23.5 Å². The highest BCUT2D eigenvalue weighted by Crippen LogP contribution is 2.38. The highest BCUT2D eigenvalue weighted by Gasteiger charge is 2.47. The lowest BCUT2D eigenvalue weighted by Gasteiger charge is -2.15. The second kappa shape index (κ2) is 6.83. The Kier molecular flexibility index (Phi) is 4.36. The lowest BCUT2D eigenvalue weighted by molar-refractivity contribution is -0.122. The van der Waals surface area contributed by atoms with E-state index in [0.717, 1.165) is 5.56 Å². The van der Waals surface area contributed by atoms with Gasteiger partial charge in [0, 0.05) is 6.07 Å². The third kappa shape index (κ3) is 3.16. The van der Waals surface area contributed by atoms with Gasteiger partial charge in [0.15, 0.2) is 0 Å². The predicted molar refractivity (Wildman–Crippen MR) is 100 cm³/mol. The number of amides is 2. The van der Waals surface area contributed by atoms with Crippen molar-refractivity contribution in [3.63, 3.8) is 0 Å². The molecule has 136 valence electrons. The van der Waals surface area contributed by atoms with Crippen LogP contribution in [0.4, 0.5) is 5.69 Å². The highest BCUT2D eigenvalue weighted by atomic mass is 16.5. The van der Waals surface area contributed by atoms with Gasteiger partial charge in [-0.25, -0.2) is 9.69 Å². The van der Waals surface area contributed by atoms with E-state index in [4.69, 9.17) is 4.74 Å². The molecule has 1 saturated heterocycles. The average molecular weight is 361 g/mol. The third-order valence-corrected chi connectivity index (χ3v) is 5.08. The van der Waals surface area contributed by atoms with Crippen LogP contribution < -0.4 is 9.64 Å². The quantitative estimate of drug-likeness (QED) is 0.362. The summed E-state index contributed by atoms with van der Waals surface area (Å²) in [7, 11) is 0. The summed E-state index contributed by atoms with van der Waals surface area (Å²) < 4.78 is 5.43. The van der Waals surface area contributed by atoms with Crippen molar-refractivity contribution in [2.45, 2.75) is 19.8 Å². The molecule has 1 aliphatic heterocycles. The fourth-order valence-corrected chi connectivity index (χ4v) is 3.60. The van der Waals surface area contributed by atoms with Gasteiger partial charge in [-0.3, -0.25) is 9.59 Å². The Labute approximate surface area is 157 Å². The summed E-state index contributed by atoms with van der Waals surface area (Å²) in [5.74, 6) is -1.13. The zero-order chi connectivity index (χ0) is 19.0. The standard InChI is InChI=1S/C22H19NO4/c1-14-9-11-15(12-10-14)22(26)27-17-6-4-5-16(13-17)23-20(24)18-7-2-3-8-19(18)21(23)25/h2-6,9-13,18-19H,7-8H2,1H3. The first-order valence-corrected chi connectivity index (χ1v) is 8.96.